The SMILES string of the molecule is NC(=O)NS(=O)(=O)CCOc1ccc(N)cc1. The molecule has 2 amide bonds. The smallest absolute Gasteiger partial charge is 0.325 e. The average Bonchev–Trinajstić information content (AvgIpc) is 2.18. The first-order valence-corrected chi connectivity index (χ1v) is 6.32. The van der Waals surface area contributed by atoms with Crippen LogP contribution in [-0.4, -0.2) is 26.8 Å². The predicted molar refractivity (Wildman–Crippen MR) is 62.9 cm³/mol. The van der Waals surface area contributed by atoms with E-state index in [1.54, 1.807) is 29.0 Å². The summed E-state index contributed by atoms with van der Waals surface area (Å²) in [7, 11) is -3.73. The fraction of sp³-hybridized carbons (Fsp3) is 0.222. The van der Waals surface area contributed by atoms with Crippen LogP contribution in [0.1, 0.15) is 0 Å². The van der Waals surface area contributed by atoms with Crippen LogP contribution < -0.4 is 20.9 Å². The Kier molecular flexibility index (Phi) is 4.16. The maximum absolute atomic E-state index is 11.2. The molecule has 1 aromatic carbocycles. The summed E-state index contributed by atoms with van der Waals surface area (Å²) in [4.78, 5) is 10.4. The number of nitrogens with one attached hydrogen (secondary N) is 1. The van der Waals surface area contributed by atoms with Crippen molar-refractivity contribution in [3.63, 3.8) is 0 Å². The van der Waals surface area contributed by atoms with Crippen LogP contribution in [0.5, 0.6) is 5.75 Å². The first-order valence-electron chi connectivity index (χ1n) is 4.67. The number of primary amides is 1. The minimum atomic E-state index is -3.73. The summed E-state index contributed by atoms with van der Waals surface area (Å²) in [6, 6.07) is 5.38. The van der Waals surface area contributed by atoms with E-state index in [0.29, 0.717) is 11.4 Å². The Morgan fingerprint density at radius 1 is 1.29 bits per heavy atom. The average molecular weight is 259 g/mol. The molecule has 0 radical (unpaired) electrons. The first kappa shape index (κ1) is 13.1. The van der Waals surface area contributed by atoms with Gasteiger partial charge in [-0.05, 0) is 24.3 Å². The number of nitrogen functional groups attached to an aromatic ring is 1. The lowest BCUT2D eigenvalue weighted by molar-refractivity contribution is 0.253. The van der Waals surface area contributed by atoms with Crippen molar-refractivity contribution in [1.29, 1.82) is 0 Å². The fourth-order valence-corrected chi connectivity index (χ4v) is 1.75. The third kappa shape index (κ3) is 5.07. The number of sulfonamides is 1. The molecular weight excluding hydrogens is 246 g/mol. The highest BCUT2D eigenvalue weighted by molar-refractivity contribution is 7.90. The second kappa shape index (κ2) is 5.39. The molecule has 7 nitrogen and oxygen atoms in total. The standard InChI is InChI=1S/C9H13N3O4S/c10-7-1-3-8(4-2-7)16-5-6-17(14,15)12-9(11)13/h1-4H,5-6,10H2,(H3,11,12,13). The van der Waals surface area contributed by atoms with Crippen molar-refractivity contribution in [2.24, 2.45) is 5.73 Å². The van der Waals surface area contributed by atoms with Crippen molar-refractivity contribution in [2.75, 3.05) is 18.1 Å². The van der Waals surface area contributed by atoms with Gasteiger partial charge >= 0.3 is 6.03 Å². The molecule has 0 saturated heterocycles. The summed E-state index contributed by atoms with van der Waals surface area (Å²) in [6.45, 7) is -0.0907. The number of carbonyl (C=O) groups is 1. The third-order valence-electron chi connectivity index (χ3n) is 1.76. The highest BCUT2D eigenvalue weighted by Gasteiger charge is 2.12. The van der Waals surface area contributed by atoms with Gasteiger partial charge in [-0.15, -0.1) is 0 Å². The molecule has 0 aromatic heterocycles. The van der Waals surface area contributed by atoms with Gasteiger partial charge < -0.3 is 16.2 Å². The Morgan fingerprint density at radius 2 is 1.88 bits per heavy atom. The molecule has 1 rings (SSSR count). The van der Waals surface area contributed by atoms with Crippen molar-refractivity contribution in [1.82, 2.24) is 4.72 Å². The topological polar surface area (TPSA) is 125 Å². The summed E-state index contributed by atoms with van der Waals surface area (Å²) >= 11 is 0. The second-order valence-corrected chi connectivity index (χ2v) is 5.04. The summed E-state index contributed by atoms with van der Waals surface area (Å²) in [5.41, 5.74) is 10.7. The van der Waals surface area contributed by atoms with Crippen LogP contribution in [0.15, 0.2) is 24.3 Å². The normalized spacial score (nSPS) is 10.8. The van der Waals surface area contributed by atoms with Crippen molar-refractivity contribution in [3.05, 3.63) is 24.3 Å². The van der Waals surface area contributed by atoms with Gasteiger partial charge in [0, 0.05) is 5.69 Å². The molecule has 8 heteroatoms. The van der Waals surface area contributed by atoms with Crippen LogP contribution in [0, 0.1) is 0 Å². The Morgan fingerprint density at radius 3 is 2.41 bits per heavy atom. The molecule has 17 heavy (non-hydrogen) atoms. The third-order valence-corrected chi connectivity index (χ3v) is 2.97. The van der Waals surface area contributed by atoms with Gasteiger partial charge in [-0.1, -0.05) is 0 Å². The predicted octanol–water partition coefficient (Wildman–Crippen LogP) is -0.354. The number of hydrogen-bond donors (Lipinski definition) is 3. The number of amides is 2. The molecule has 0 bridgehead atoms. The summed E-state index contributed by atoms with van der Waals surface area (Å²) in [6.07, 6.45) is 0. The van der Waals surface area contributed by atoms with Crippen LogP contribution in [0.25, 0.3) is 0 Å². The van der Waals surface area contributed by atoms with Crippen LogP contribution in [0.4, 0.5) is 10.5 Å². The van der Waals surface area contributed by atoms with Crippen molar-refractivity contribution in [2.45, 2.75) is 0 Å². The van der Waals surface area contributed by atoms with Crippen molar-refractivity contribution >= 4 is 21.7 Å². The van der Waals surface area contributed by atoms with Gasteiger partial charge in [0.05, 0.1) is 0 Å². The zero-order valence-corrected chi connectivity index (χ0v) is 9.74. The first-order chi connectivity index (χ1) is 7.89. The van der Waals surface area contributed by atoms with E-state index in [4.69, 9.17) is 16.2 Å². The molecule has 0 aliphatic carbocycles. The molecule has 0 heterocycles. The Hall–Kier alpha value is -1.96. The monoisotopic (exact) mass is 259 g/mol. The van der Waals surface area contributed by atoms with E-state index in [1.165, 1.54) is 0 Å². The second-order valence-electron chi connectivity index (χ2n) is 3.20. The molecular formula is C9H13N3O4S. The van der Waals surface area contributed by atoms with Gasteiger partial charge in [-0.3, -0.25) is 0 Å². The molecule has 0 atom stereocenters. The molecule has 5 N–H and O–H groups in total. The van der Waals surface area contributed by atoms with Crippen LogP contribution in [-0.2, 0) is 10.0 Å². The number of carbonyl (C=O) groups excluding carboxylic acids is 1. The van der Waals surface area contributed by atoms with Gasteiger partial charge in [0.2, 0.25) is 10.0 Å². The highest BCUT2D eigenvalue weighted by Crippen LogP contribution is 2.12. The molecule has 0 saturated carbocycles. The zero-order valence-electron chi connectivity index (χ0n) is 8.92. The van der Waals surface area contributed by atoms with E-state index in [2.05, 4.69) is 0 Å². The molecule has 94 valence electrons. The Balaban J connectivity index is 2.42. The summed E-state index contributed by atoms with van der Waals surface area (Å²) in [5, 5.41) is 0. The largest absolute Gasteiger partial charge is 0.492 e. The molecule has 0 fully saturated rings. The van der Waals surface area contributed by atoms with E-state index in [9.17, 15) is 13.2 Å². The Labute approximate surface area is 98.8 Å². The van der Waals surface area contributed by atoms with E-state index >= 15 is 0 Å². The number of benzene rings is 1. The Bertz CT molecular complexity index is 483. The summed E-state index contributed by atoms with van der Waals surface area (Å²) < 4.78 is 29.1. The van der Waals surface area contributed by atoms with Gasteiger partial charge in [0.25, 0.3) is 0 Å². The molecule has 0 aliphatic heterocycles. The van der Waals surface area contributed by atoms with Gasteiger partial charge in [0.1, 0.15) is 18.1 Å². The van der Waals surface area contributed by atoms with E-state index in [-0.39, 0.29) is 12.4 Å². The number of rotatable bonds is 5. The van der Waals surface area contributed by atoms with E-state index in [0.717, 1.165) is 0 Å². The minimum absolute atomic E-state index is 0.0907. The number of nitrogens with two attached hydrogens (primary N) is 2. The maximum Gasteiger partial charge on any atom is 0.325 e. The van der Waals surface area contributed by atoms with Gasteiger partial charge in [-0.2, -0.15) is 0 Å². The minimum Gasteiger partial charge on any atom is -0.492 e. The van der Waals surface area contributed by atoms with Crippen LogP contribution >= 0.6 is 0 Å². The molecule has 1 aromatic rings. The number of ether oxygens (including phenoxy) is 1. The van der Waals surface area contributed by atoms with Crippen molar-refractivity contribution in [3.8, 4) is 5.75 Å². The number of urea groups is 1. The lowest BCUT2D eigenvalue weighted by Gasteiger charge is -2.07. The quantitative estimate of drug-likeness (QED) is 0.623. The van der Waals surface area contributed by atoms with E-state index in [1.807, 2.05) is 0 Å². The lowest BCUT2D eigenvalue weighted by Crippen LogP contribution is -2.37. The lowest BCUT2D eigenvalue weighted by atomic mass is 10.3. The molecule has 0 aliphatic rings. The highest BCUT2D eigenvalue weighted by atomic mass is 32.2. The number of anilines is 1. The van der Waals surface area contributed by atoms with E-state index < -0.39 is 16.1 Å². The molecule has 0 spiro atoms. The maximum atomic E-state index is 11.2. The zero-order chi connectivity index (χ0) is 12.9. The van der Waals surface area contributed by atoms with Crippen LogP contribution in [0.3, 0.4) is 0 Å². The number of hydrogen-bond acceptors (Lipinski definition) is 5. The van der Waals surface area contributed by atoms with Gasteiger partial charge in [-0.25, -0.2) is 17.9 Å². The summed E-state index contributed by atoms with van der Waals surface area (Å²) in [5.74, 6) is 0.133. The van der Waals surface area contributed by atoms with Gasteiger partial charge in [0.15, 0.2) is 0 Å². The fourth-order valence-electron chi connectivity index (χ4n) is 1.04. The van der Waals surface area contributed by atoms with Crippen LogP contribution in [0.2, 0.25) is 0 Å². The van der Waals surface area contributed by atoms with Crippen molar-refractivity contribution < 1.29 is 17.9 Å². The molecule has 0 unspecified atom stereocenters.